The number of carbonyl (C=O) groups excluding carboxylic acids is 2. The fourth-order valence-corrected chi connectivity index (χ4v) is 4.34. The predicted molar refractivity (Wildman–Crippen MR) is 91.6 cm³/mol. The van der Waals surface area contributed by atoms with Gasteiger partial charge in [-0.2, -0.15) is 16.8 Å². The lowest BCUT2D eigenvalue weighted by molar-refractivity contribution is 0.0391. The van der Waals surface area contributed by atoms with E-state index in [1.165, 1.54) is 0 Å². The summed E-state index contributed by atoms with van der Waals surface area (Å²) in [5.74, 6) is -5.50. The highest BCUT2D eigenvalue weighted by molar-refractivity contribution is 7.86. The molecule has 0 aromatic heterocycles. The topological polar surface area (TPSA) is 152 Å². The molecule has 0 amide bonds. The van der Waals surface area contributed by atoms with Gasteiger partial charge in [0, 0.05) is 11.1 Å². The van der Waals surface area contributed by atoms with Crippen LogP contribution in [0.15, 0.2) is 34.1 Å². The molecule has 13 heteroatoms. The van der Waals surface area contributed by atoms with E-state index < -0.39 is 75.9 Å². The molecule has 0 aliphatic rings. The summed E-state index contributed by atoms with van der Waals surface area (Å²) in [6.07, 6.45) is 0. The van der Waals surface area contributed by atoms with Crippen molar-refractivity contribution in [1.29, 1.82) is 0 Å². The second-order valence-corrected chi connectivity index (χ2v) is 8.44. The average molecular weight is 450 g/mol. The van der Waals surface area contributed by atoms with E-state index in [0.29, 0.717) is 24.3 Å². The zero-order chi connectivity index (χ0) is 22.3. The van der Waals surface area contributed by atoms with Crippen LogP contribution in [0, 0.1) is 25.5 Å². The van der Waals surface area contributed by atoms with Crippen LogP contribution in [0.1, 0.15) is 31.8 Å². The van der Waals surface area contributed by atoms with Crippen molar-refractivity contribution < 1.29 is 49.0 Å². The molecule has 0 heterocycles. The SMILES string of the molecule is Cc1c(F)ccc(C(=O)OC(=O)c2ccc(F)c(C)c2S(=O)(=O)O)c1S(=O)(=O)O. The van der Waals surface area contributed by atoms with Crippen molar-refractivity contribution >= 4 is 32.2 Å². The molecular weight excluding hydrogens is 438 g/mol. The van der Waals surface area contributed by atoms with Crippen LogP contribution in [0.5, 0.6) is 0 Å². The van der Waals surface area contributed by atoms with Gasteiger partial charge in [-0.05, 0) is 38.1 Å². The van der Waals surface area contributed by atoms with E-state index >= 15 is 0 Å². The maximum Gasteiger partial charge on any atom is 0.347 e. The minimum Gasteiger partial charge on any atom is -0.386 e. The smallest absolute Gasteiger partial charge is 0.347 e. The first-order valence-corrected chi connectivity index (χ1v) is 10.3. The van der Waals surface area contributed by atoms with Crippen LogP contribution < -0.4 is 0 Å². The lowest BCUT2D eigenvalue weighted by atomic mass is 10.1. The summed E-state index contributed by atoms with van der Waals surface area (Å²) in [5, 5.41) is 0. The van der Waals surface area contributed by atoms with Crippen molar-refractivity contribution in [3.63, 3.8) is 0 Å². The van der Waals surface area contributed by atoms with Crippen molar-refractivity contribution in [3.8, 4) is 0 Å². The Bertz CT molecular complexity index is 1150. The van der Waals surface area contributed by atoms with Gasteiger partial charge in [-0.3, -0.25) is 9.11 Å². The fourth-order valence-electron chi connectivity index (χ4n) is 2.52. The van der Waals surface area contributed by atoms with Crippen LogP contribution in [0.4, 0.5) is 8.78 Å². The Hall–Kier alpha value is -2.74. The maximum absolute atomic E-state index is 13.6. The van der Waals surface area contributed by atoms with Crippen molar-refractivity contribution in [2.75, 3.05) is 0 Å². The van der Waals surface area contributed by atoms with Crippen molar-refractivity contribution in [2.45, 2.75) is 23.6 Å². The molecule has 0 radical (unpaired) electrons. The summed E-state index contributed by atoms with van der Waals surface area (Å²) in [6.45, 7) is 1.88. The maximum atomic E-state index is 13.6. The zero-order valence-electron chi connectivity index (χ0n) is 14.6. The van der Waals surface area contributed by atoms with Crippen molar-refractivity contribution in [3.05, 3.63) is 58.2 Å². The number of benzene rings is 2. The Balaban J connectivity index is 2.57. The van der Waals surface area contributed by atoms with Gasteiger partial charge in [0.1, 0.15) is 21.4 Å². The molecule has 156 valence electrons. The van der Waals surface area contributed by atoms with Gasteiger partial charge in [0.15, 0.2) is 0 Å². The molecule has 2 aromatic rings. The van der Waals surface area contributed by atoms with Gasteiger partial charge < -0.3 is 4.74 Å². The third-order valence-electron chi connectivity index (χ3n) is 3.82. The summed E-state index contributed by atoms with van der Waals surface area (Å²) >= 11 is 0. The summed E-state index contributed by atoms with van der Waals surface area (Å²) in [5.41, 5.74) is -3.09. The number of halogens is 2. The Kier molecular flexibility index (Phi) is 5.90. The van der Waals surface area contributed by atoms with E-state index in [2.05, 4.69) is 4.74 Å². The molecule has 0 spiro atoms. The Labute approximate surface area is 163 Å². The quantitative estimate of drug-likeness (QED) is 0.405. The van der Waals surface area contributed by atoms with E-state index in [9.17, 15) is 44.3 Å². The zero-order valence-corrected chi connectivity index (χ0v) is 16.3. The van der Waals surface area contributed by atoms with Crippen LogP contribution in [0.3, 0.4) is 0 Å². The van der Waals surface area contributed by atoms with E-state index in [4.69, 9.17) is 0 Å². The van der Waals surface area contributed by atoms with Gasteiger partial charge in [0.05, 0.1) is 11.1 Å². The average Bonchev–Trinajstić information content (AvgIpc) is 2.56. The highest BCUT2D eigenvalue weighted by Crippen LogP contribution is 2.26. The minimum atomic E-state index is -5.11. The van der Waals surface area contributed by atoms with Crippen LogP contribution in [-0.2, 0) is 25.0 Å². The Morgan fingerprint density at radius 3 is 1.34 bits per heavy atom. The highest BCUT2D eigenvalue weighted by Gasteiger charge is 2.30. The fraction of sp³-hybridized carbons (Fsp3) is 0.125. The molecule has 0 aliphatic carbocycles. The van der Waals surface area contributed by atoms with Gasteiger partial charge in [0.25, 0.3) is 20.2 Å². The molecule has 2 N–H and O–H groups in total. The van der Waals surface area contributed by atoms with E-state index in [0.717, 1.165) is 13.8 Å². The molecule has 0 saturated carbocycles. The molecule has 0 fully saturated rings. The van der Waals surface area contributed by atoms with E-state index in [1.807, 2.05) is 0 Å². The molecule has 0 aliphatic heterocycles. The molecular formula is C16H12F2O9S2. The van der Waals surface area contributed by atoms with Gasteiger partial charge in [-0.1, -0.05) is 0 Å². The summed E-state index contributed by atoms with van der Waals surface area (Å²) < 4.78 is 96.1. The Morgan fingerprint density at radius 1 is 0.759 bits per heavy atom. The molecule has 9 nitrogen and oxygen atoms in total. The van der Waals surface area contributed by atoms with Crippen LogP contribution in [0.2, 0.25) is 0 Å². The molecule has 2 rings (SSSR count). The molecule has 2 aromatic carbocycles. The predicted octanol–water partition coefficient (Wildman–Crippen LogP) is 2.07. The summed E-state index contributed by atoms with van der Waals surface area (Å²) in [4.78, 5) is 22.2. The van der Waals surface area contributed by atoms with E-state index in [1.54, 1.807) is 0 Å². The number of ether oxygens (including phenoxy) is 1. The van der Waals surface area contributed by atoms with Gasteiger partial charge in [-0.25, -0.2) is 18.4 Å². The van der Waals surface area contributed by atoms with Gasteiger partial charge in [0.2, 0.25) is 0 Å². The first-order chi connectivity index (χ1) is 13.2. The molecule has 0 bridgehead atoms. The third-order valence-corrected chi connectivity index (χ3v) is 5.90. The van der Waals surface area contributed by atoms with E-state index in [-0.39, 0.29) is 0 Å². The standard InChI is InChI=1S/C16H12F2O9S2/c1-7-11(17)5-3-9(13(7)28(21,22)23)15(19)27-16(20)10-4-6-12(18)8(2)14(10)29(24,25)26/h3-6H,1-2H3,(H,21,22,23)(H,24,25,26). The lowest BCUT2D eigenvalue weighted by Gasteiger charge is -2.12. The van der Waals surface area contributed by atoms with Gasteiger partial charge in [-0.15, -0.1) is 0 Å². The number of hydrogen-bond acceptors (Lipinski definition) is 7. The summed E-state index contributed by atoms with van der Waals surface area (Å²) in [6, 6.07) is 2.61. The van der Waals surface area contributed by atoms with Crippen molar-refractivity contribution in [1.82, 2.24) is 0 Å². The number of hydrogen-bond donors (Lipinski definition) is 2. The molecule has 0 atom stereocenters. The monoisotopic (exact) mass is 450 g/mol. The first-order valence-electron chi connectivity index (χ1n) is 7.46. The third kappa shape index (κ3) is 4.48. The first kappa shape index (κ1) is 22.5. The molecule has 0 saturated heterocycles. The second-order valence-electron chi connectivity index (χ2n) is 5.73. The summed E-state index contributed by atoms with van der Waals surface area (Å²) in [7, 11) is -10.2. The van der Waals surface area contributed by atoms with Gasteiger partial charge >= 0.3 is 11.9 Å². The number of rotatable bonds is 4. The van der Waals surface area contributed by atoms with Crippen LogP contribution in [0.25, 0.3) is 0 Å². The number of esters is 2. The highest BCUT2D eigenvalue weighted by atomic mass is 32.2. The van der Waals surface area contributed by atoms with Crippen LogP contribution in [-0.4, -0.2) is 37.9 Å². The number of carbonyl (C=O) groups is 2. The molecule has 0 unspecified atom stereocenters. The largest absolute Gasteiger partial charge is 0.386 e. The molecule has 29 heavy (non-hydrogen) atoms. The second kappa shape index (κ2) is 7.59. The normalized spacial score (nSPS) is 11.9. The minimum absolute atomic E-state index is 0.626. The van der Waals surface area contributed by atoms with Crippen molar-refractivity contribution in [2.24, 2.45) is 0 Å². The lowest BCUT2D eigenvalue weighted by Crippen LogP contribution is -2.20. The Morgan fingerprint density at radius 2 is 1.07 bits per heavy atom. The van der Waals surface area contributed by atoms with Crippen LogP contribution >= 0.6 is 0 Å².